The molecule has 0 nitrogen and oxygen atoms in total. The number of thioether (sulfide) groups is 2. The van der Waals surface area contributed by atoms with Crippen molar-refractivity contribution in [3.63, 3.8) is 0 Å². The van der Waals surface area contributed by atoms with Gasteiger partial charge in [0, 0.05) is 0 Å². The van der Waals surface area contributed by atoms with Crippen molar-refractivity contribution in [2.75, 3.05) is 17.3 Å². The summed E-state index contributed by atoms with van der Waals surface area (Å²) in [4.78, 5) is 0. The monoisotopic (exact) mass is 172 g/mol. The molecule has 2 heterocycles. The first-order valence-corrected chi connectivity index (χ1v) is 6.03. The quantitative estimate of drug-likeness (QED) is 0.551. The number of hydrogen-bond acceptors (Lipinski definition) is 2. The van der Waals surface area contributed by atoms with Crippen LogP contribution in [0.5, 0.6) is 0 Å². The van der Waals surface area contributed by atoms with E-state index in [-0.39, 0.29) is 0 Å². The minimum atomic E-state index is 0.917. The highest BCUT2D eigenvalue weighted by Gasteiger charge is 2.26. The maximum absolute atomic E-state index is 2.42. The summed E-state index contributed by atoms with van der Waals surface area (Å²) in [5, 5.41) is 2.30. The van der Waals surface area contributed by atoms with Gasteiger partial charge in [-0.2, -0.15) is 11.8 Å². The molecule has 0 aromatic heterocycles. The second kappa shape index (κ2) is 3.22. The van der Waals surface area contributed by atoms with E-state index >= 15 is 0 Å². The van der Waals surface area contributed by atoms with Gasteiger partial charge in [-0.15, -0.1) is 11.8 Å². The summed E-state index contributed by atoms with van der Waals surface area (Å²) in [6, 6.07) is 0. The van der Waals surface area contributed by atoms with E-state index in [1.165, 1.54) is 23.7 Å². The van der Waals surface area contributed by atoms with Crippen LogP contribution in [0.1, 0.15) is 6.42 Å². The van der Waals surface area contributed by atoms with Gasteiger partial charge in [-0.1, -0.05) is 6.08 Å². The predicted octanol–water partition coefficient (Wildman–Crippen LogP) is 2.62. The predicted molar refractivity (Wildman–Crippen MR) is 50.5 cm³/mol. The van der Waals surface area contributed by atoms with Crippen molar-refractivity contribution in [2.45, 2.75) is 6.42 Å². The maximum Gasteiger partial charge on any atom is -0.000109 e. The fraction of sp³-hybridized carbons (Fsp3) is 0.750. The molecule has 0 aromatic rings. The Hall–Kier alpha value is 0.440. The summed E-state index contributed by atoms with van der Waals surface area (Å²) < 4.78 is 0. The van der Waals surface area contributed by atoms with Crippen molar-refractivity contribution in [1.82, 2.24) is 0 Å². The zero-order valence-electron chi connectivity index (χ0n) is 5.95. The van der Waals surface area contributed by atoms with Gasteiger partial charge in [0.2, 0.25) is 0 Å². The molecular weight excluding hydrogens is 160 g/mol. The highest BCUT2D eigenvalue weighted by Crippen LogP contribution is 2.36. The van der Waals surface area contributed by atoms with Gasteiger partial charge in [-0.25, -0.2) is 0 Å². The van der Waals surface area contributed by atoms with E-state index in [4.69, 9.17) is 0 Å². The molecule has 2 heteroatoms. The average molecular weight is 172 g/mol. The van der Waals surface area contributed by atoms with Gasteiger partial charge in [0.25, 0.3) is 0 Å². The molecule has 56 valence electrons. The van der Waals surface area contributed by atoms with Crippen molar-refractivity contribution in [2.24, 2.45) is 11.8 Å². The van der Waals surface area contributed by atoms with Gasteiger partial charge in [0.05, 0.1) is 0 Å². The molecule has 0 aliphatic carbocycles. The number of hydrogen-bond donors (Lipinski definition) is 0. The van der Waals surface area contributed by atoms with Crippen molar-refractivity contribution in [3.8, 4) is 0 Å². The smallest absolute Gasteiger partial charge is 0.000109 e. The summed E-state index contributed by atoms with van der Waals surface area (Å²) in [6.07, 6.45) is 3.86. The van der Waals surface area contributed by atoms with Gasteiger partial charge in [0.1, 0.15) is 0 Å². The summed E-state index contributed by atoms with van der Waals surface area (Å²) in [6.45, 7) is 0. The Morgan fingerprint density at radius 2 is 2.30 bits per heavy atom. The lowest BCUT2D eigenvalue weighted by atomic mass is 9.94. The number of fused-ring (bicyclic) bond motifs is 1. The van der Waals surface area contributed by atoms with Crippen LogP contribution in [0.2, 0.25) is 0 Å². The molecule has 10 heavy (non-hydrogen) atoms. The summed E-state index contributed by atoms with van der Waals surface area (Å²) in [5.74, 6) is 6.06. The molecule has 2 atom stereocenters. The Bertz CT molecular complexity index is 142. The van der Waals surface area contributed by atoms with E-state index in [0.717, 1.165) is 11.8 Å². The Kier molecular flexibility index (Phi) is 2.29. The van der Waals surface area contributed by atoms with Crippen LogP contribution in [0.15, 0.2) is 11.5 Å². The van der Waals surface area contributed by atoms with Crippen LogP contribution in [0.25, 0.3) is 0 Å². The first kappa shape index (κ1) is 7.11. The minimum absolute atomic E-state index is 0.917. The maximum atomic E-state index is 2.42. The third-order valence-electron chi connectivity index (χ3n) is 2.28. The van der Waals surface area contributed by atoms with E-state index in [9.17, 15) is 0 Å². The lowest BCUT2D eigenvalue weighted by Gasteiger charge is -2.10. The summed E-state index contributed by atoms with van der Waals surface area (Å²) in [5.41, 5.74) is 0. The van der Waals surface area contributed by atoms with Crippen molar-refractivity contribution in [1.29, 1.82) is 0 Å². The molecule has 0 spiro atoms. The molecule has 0 amide bonds. The van der Waals surface area contributed by atoms with Crippen LogP contribution in [-0.4, -0.2) is 17.3 Å². The zero-order valence-corrected chi connectivity index (χ0v) is 7.59. The third kappa shape index (κ3) is 1.37. The Balaban J connectivity index is 2.06. The standard InChI is InChI=1S/C8H12S2/c1-3-9-4-2-8-6-10-5-7(1)8/h1,3,7-8H,2,4-6H2. The van der Waals surface area contributed by atoms with Gasteiger partial charge in [0.15, 0.2) is 0 Å². The molecule has 2 unspecified atom stereocenters. The lowest BCUT2D eigenvalue weighted by Crippen LogP contribution is -2.08. The van der Waals surface area contributed by atoms with Crippen LogP contribution in [0.4, 0.5) is 0 Å². The second-order valence-electron chi connectivity index (χ2n) is 2.95. The number of rotatable bonds is 0. The van der Waals surface area contributed by atoms with E-state index in [2.05, 4.69) is 23.2 Å². The molecule has 1 fully saturated rings. The van der Waals surface area contributed by atoms with Gasteiger partial charge < -0.3 is 0 Å². The Morgan fingerprint density at radius 1 is 1.30 bits per heavy atom. The normalized spacial score (nSPS) is 39.2. The van der Waals surface area contributed by atoms with Crippen LogP contribution in [-0.2, 0) is 0 Å². The molecule has 0 aromatic carbocycles. The van der Waals surface area contributed by atoms with E-state index in [1.807, 2.05) is 11.8 Å². The lowest BCUT2D eigenvalue weighted by molar-refractivity contribution is 0.487. The van der Waals surface area contributed by atoms with Crippen LogP contribution < -0.4 is 0 Å². The molecule has 1 saturated heterocycles. The van der Waals surface area contributed by atoms with Crippen LogP contribution in [0, 0.1) is 11.8 Å². The highest BCUT2D eigenvalue weighted by molar-refractivity contribution is 8.02. The van der Waals surface area contributed by atoms with Crippen LogP contribution >= 0.6 is 23.5 Å². The molecule has 2 aliphatic rings. The zero-order chi connectivity index (χ0) is 6.81. The fourth-order valence-corrected chi connectivity index (χ4v) is 3.97. The van der Waals surface area contributed by atoms with E-state index in [0.29, 0.717) is 0 Å². The minimum Gasteiger partial charge on any atom is -0.161 e. The largest absolute Gasteiger partial charge is 0.161 e. The molecule has 2 rings (SSSR count). The highest BCUT2D eigenvalue weighted by atomic mass is 32.2. The second-order valence-corrected chi connectivity index (χ2v) is 5.04. The Morgan fingerprint density at radius 3 is 3.30 bits per heavy atom. The molecular formula is C8H12S2. The first-order chi connectivity index (χ1) is 4.97. The fourth-order valence-electron chi connectivity index (χ4n) is 1.57. The molecule has 0 N–H and O–H groups in total. The molecule has 0 radical (unpaired) electrons. The van der Waals surface area contributed by atoms with Gasteiger partial charge >= 0.3 is 0 Å². The summed E-state index contributed by atoms with van der Waals surface area (Å²) >= 11 is 4.11. The third-order valence-corrected chi connectivity index (χ3v) is 4.38. The molecule has 2 aliphatic heterocycles. The van der Waals surface area contributed by atoms with Gasteiger partial charge in [-0.3, -0.25) is 0 Å². The van der Waals surface area contributed by atoms with E-state index in [1.54, 1.807) is 0 Å². The van der Waals surface area contributed by atoms with Crippen molar-refractivity contribution in [3.05, 3.63) is 11.5 Å². The van der Waals surface area contributed by atoms with Crippen molar-refractivity contribution >= 4 is 23.5 Å². The van der Waals surface area contributed by atoms with Gasteiger partial charge in [-0.05, 0) is 40.9 Å². The Labute approximate surface area is 70.8 Å². The van der Waals surface area contributed by atoms with E-state index < -0.39 is 0 Å². The molecule has 0 saturated carbocycles. The average Bonchev–Trinajstić information content (AvgIpc) is 2.28. The summed E-state index contributed by atoms with van der Waals surface area (Å²) in [7, 11) is 0. The first-order valence-electron chi connectivity index (χ1n) is 3.83. The van der Waals surface area contributed by atoms with Crippen molar-refractivity contribution < 1.29 is 0 Å². The molecule has 0 bridgehead atoms. The van der Waals surface area contributed by atoms with Crippen LogP contribution in [0.3, 0.4) is 0 Å². The number of allylic oxidation sites excluding steroid dienone is 1. The SMILES string of the molecule is C1=CC2CSCC2CCS1. The topological polar surface area (TPSA) is 0 Å².